The average Bonchev–Trinajstić information content (AvgIpc) is 2.70. The fraction of sp³-hybridized carbons (Fsp3) is 0.727. The molecule has 164 valence electrons. The first-order chi connectivity index (χ1) is 14.0. The zero-order valence-corrected chi connectivity index (χ0v) is 18.3. The predicted octanol–water partition coefficient (Wildman–Crippen LogP) is 6.80. The summed E-state index contributed by atoms with van der Waals surface area (Å²) in [5, 5.41) is 0. The van der Waals surface area contributed by atoms with Gasteiger partial charge in [0.25, 0.3) is 0 Å². The minimum absolute atomic E-state index is 0.0166. The van der Waals surface area contributed by atoms with Crippen molar-refractivity contribution in [1.82, 2.24) is 0 Å². The Kier molecular flexibility index (Phi) is 8.27. The molecule has 0 aromatic heterocycles. The van der Waals surface area contributed by atoms with Gasteiger partial charge in [-0.05, 0) is 43.4 Å². The van der Waals surface area contributed by atoms with Gasteiger partial charge in [-0.2, -0.15) is 8.78 Å². The maximum atomic E-state index is 13.8. The van der Waals surface area contributed by atoms with Gasteiger partial charge in [0, 0.05) is 20.9 Å². The van der Waals surface area contributed by atoms with Crippen LogP contribution < -0.4 is 9.47 Å². The van der Waals surface area contributed by atoms with Crippen LogP contribution in [0.3, 0.4) is 0 Å². The number of halogens is 4. The SMILES string of the molecule is CCC[SiH]1CCC(C2CCC(COc3cc(F)c(OC(F)F)c(F)c3)CC2)CC1. The van der Waals surface area contributed by atoms with E-state index in [9.17, 15) is 17.6 Å². The van der Waals surface area contributed by atoms with Crippen molar-refractivity contribution in [2.24, 2.45) is 17.8 Å². The molecule has 1 aromatic carbocycles. The largest absolute Gasteiger partial charge is 0.493 e. The van der Waals surface area contributed by atoms with Gasteiger partial charge >= 0.3 is 6.61 Å². The summed E-state index contributed by atoms with van der Waals surface area (Å²) in [6.45, 7) is -0.571. The molecule has 1 saturated carbocycles. The lowest BCUT2D eigenvalue weighted by Gasteiger charge is -2.37. The summed E-state index contributed by atoms with van der Waals surface area (Å²) in [6.07, 6.45) is 8.78. The second kappa shape index (κ2) is 10.7. The molecule has 2 aliphatic rings. The third-order valence-corrected chi connectivity index (χ3v) is 10.5. The lowest BCUT2D eigenvalue weighted by atomic mass is 9.74. The van der Waals surface area contributed by atoms with Crippen molar-refractivity contribution in [2.75, 3.05) is 6.61 Å². The van der Waals surface area contributed by atoms with Crippen molar-refractivity contribution in [3.8, 4) is 11.5 Å². The molecule has 1 aliphatic heterocycles. The average molecular weight is 433 g/mol. The highest BCUT2D eigenvalue weighted by Gasteiger charge is 2.31. The van der Waals surface area contributed by atoms with Gasteiger partial charge in [-0.3, -0.25) is 0 Å². The first-order valence-corrected chi connectivity index (χ1v) is 13.5. The van der Waals surface area contributed by atoms with E-state index >= 15 is 0 Å². The van der Waals surface area contributed by atoms with Crippen LogP contribution in [0.15, 0.2) is 12.1 Å². The Hall–Kier alpha value is -1.24. The molecule has 2 nitrogen and oxygen atoms in total. The van der Waals surface area contributed by atoms with Gasteiger partial charge < -0.3 is 9.47 Å². The minimum atomic E-state index is -3.27. The third-order valence-electron chi connectivity index (χ3n) is 6.81. The topological polar surface area (TPSA) is 18.5 Å². The molecule has 0 atom stereocenters. The lowest BCUT2D eigenvalue weighted by molar-refractivity contribution is -0.0547. The Bertz CT molecular complexity index is 619. The predicted molar refractivity (Wildman–Crippen MR) is 109 cm³/mol. The van der Waals surface area contributed by atoms with E-state index in [1.165, 1.54) is 50.2 Å². The molecule has 1 saturated heterocycles. The molecule has 0 bridgehead atoms. The van der Waals surface area contributed by atoms with Crippen LogP contribution in [0, 0.1) is 29.4 Å². The van der Waals surface area contributed by atoms with Crippen LogP contribution in [0.4, 0.5) is 17.6 Å². The highest BCUT2D eigenvalue weighted by molar-refractivity contribution is 6.58. The molecule has 1 aromatic rings. The van der Waals surface area contributed by atoms with Crippen molar-refractivity contribution in [1.29, 1.82) is 0 Å². The van der Waals surface area contributed by atoms with Crippen molar-refractivity contribution in [2.45, 2.75) is 76.6 Å². The summed E-state index contributed by atoms with van der Waals surface area (Å²) in [4.78, 5) is 0. The zero-order valence-electron chi connectivity index (χ0n) is 17.1. The van der Waals surface area contributed by atoms with E-state index < -0.39 is 32.8 Å². The molecule has 2 fully saturated rings. The molecular weight excluding hydrogens is 400 g/mol. The number of benzene rings is 1. The maximum absolute atomic E-state index is 13.8. The van der Waals surface area contributed by atoms with Crippen molar-refractivity contribution in [3.63, 3.8) is 0 Å². The Labute approximate surface area is 172 Å². The Morgan fingerprint density at radius 3 is 2.10 bits per heavy atom. The Morgan fingerprint density at radius 1 is 0.966 bits per heavy atom. The van der Waals surface area contributed by atoms with Gasteiger partial charge in [-0.1, -0.05) is 44.3 Å². The maximum Gasteiger partial charge on any atom is 0.387 e. The van der Waals surface area contributed by atoms with Crippen molar-refractivity contribution in [3.05, 3.63) is 23.8 Å². The second-order valence-electron chi connectivity index (χ2n) is 8.76. The first-order valence-electron chi connectivity index (χ1n) is 11.0. The normalized spacial score (nSPS) is 27.8. The Morgan fingerprint density at radius 2 is 1.55 bits per heavy atom. The number of hydrogen-bond donors (Lipinski definition) is 0. The number of ether oxygens (including phenoxy) is 2. The van der Waals surface area contributed by atoms with Gasteiger partial charge in [0.15, 0.2) is 17.4 Å². The van der Waals surface area contributed by atoms with Crippen LogP contribution in [-0.2, 0) is 0 Å². The highest BCUT2D eigenvalue weighted by atomic mass is 28.3. The monoisotopic (exact) mass is 432 g/mol. The van der Waals surface area contributed by atoms with E-state index in [1.807, 2.05) is 0 Å². The molecular formula is C22H32F4O2Si. The number of rotatable bonds is 8. The molecule has 0 N–H and O–H groups in total. The lowest BCUT2D eigenvalue weighted by Crippen LogP contribution is -2.29. The molecule has 7 heteroatoms. The van der Waals surface area contributed by atoms with Crippen LogP contribution >= 0.6 is 0 Å². The molecule has 1 heterocycles. The van der Waals surface area contributed by atoms with Gasteiger partial charge in [0.2, 0.25) is 0 Å². The van der Waals surface area contributed by atoms with E-state index in [4.69, 9.17) is 4.74 Å². The van der Waals surface area contributed by atoms with E-state index in [0.717, 1.165) is 36.8 Å². The summed E-state index contributed by atoms with van der Waals surface area (Å²) >= 11 is 0. The van der Waals surface area contributed by atoms with Crippen molar-refractivity contribution >= 4 is 8.80 Å². The van der Waals surface area contributed by atoms with Crippen LogP contribution in [0.25, 0.3) is 0 Å². The first kappa shape index (κ1) is 22.4. The van der Waals surface area contributed by atoms with Crippen molar-refractivity contribution < 1.29 is 27.0 Å². The van der Waals surface area contributed by atoms with Gasteiger partial charge in [0.05, 0.1) is 6.61 Å². The second-order valence-corrected chi connectivity index (χ2v) is 12.2. The van der Waals surface area contributed by atoms with E-state index in [2.05, 4.69) is 11.7 Å². The molecule has 29 heavy (non-hydrogen) atoms. The minimum Gasteiger partial charge on any atom is -0.493 e. The summed E-state index contributed by atoms with van der Waals surface area (Å²) < 4.78 is 61.5. The zero-order chi connectivity index (χ0) is 20.8. The smallest absolute Gasteiger partial charge is 0.387 e. The summed E-state index contributed by atoms with van der Waals surface area (Å²) in [5.41, 5.74) is 0. The van der Waals surface area contributed by atoms with Crippen LogP contribution in [0.5, 0.6) is 11.5 Å². The molecule has 0 unspecified atom stereocenters. The number of alkyl halides is 2. The summed E-state index contributed by atoms with van der Waals surface area (Å²) in [7, 11) is -0.430. The fourth-order valence-corrected chi connectivity index (χ4v) is 8.70. The number of hydrogen-bond acceptors (Lipinski definition) is 2. The third kappa shape index (κ3) is 6.37. The molecule has 3 rings (SSSR count). The summed E-state index contributed by atoms with van der Waals surface area (Å²) in [5.74, 6) is -1.31. The molecule has 1 aliphatic carbocycles. The summed E-state index contributed by atoms with van der Waals surface area (Å²) in [6, 6.07) is 6.36. The standard InChI is InChI=1S/C22H32F4O2Si/c1-2-9-29-10-7-17(8-11-29)16-5-3-15(4-6-16)14-27-18-12-19(23)21(20(24)13-18)28-22(25)26/h12-13,15-17,22,29H,2-11,14H2,1H3. The van der Waals surface area contributed by atoms with E-state index in [0.29, 0.717) is 12.5 Å². The molecule has 0 amide bonds. The Balaban J connectivity index is 1.42. The molecule has 0 spiro atoms. The van der Waals surface area contributed by atoms with Crippen LogP contribution in [0.2, 0.25) is 18.1 Å². The quantitative estimate of drug-likeness (QED) is 0.332. The highest BCUT2D eigenvalue weighted by Crippen LogP contribution is 2.41. The molecule has 0 radical (unpaired) electrons. The van der Waals surface area contributed by atoms with Gasteiger partial charge in [-0.25, -0.2) is 8.78 Å². The van der Waals surface area contributed by atoms with E-state index in [1.54, 1.807) is 0 Å². The van der Waals surface area contributed by atoms with E-state index in [-0.39, 0.29) is 5.75 Å². The van der Waals surface area contributed by atoms with Crippen LogP contribution in [0.1, 0.15) is 51.9 Å². The fourth-order valence-electron chi connectivity index (χ4n) is 5.22. The van der Waals surface area contributed by atoms with Gasteiger partial charge in [0.1, 0.15) is 5.75 Å². The van der Waals surface area contributed by atoms with Gasteiger partial charge in [-0.15, -0.1) is 0 Å². The van der Waals surface area contributed by atoms with Crippen LogP contribution in [-0.4, -0.2) is 22.0 Å².